The van der Waals surface area contributed by atoms with Gasteiger partial charge in [0.2, 0.25) is 0 Å². The normalized spacial score (nSPS) is 14.1. The highest BCUT2D eigenvalue weighted by atomic mass is 16.4. The Labute approximate surface area is 146 Å². The number of imidazole rings is 1. The summed E-state index contributed by atoms with van der Waals surface area (Å²) >= 11 is 0. The first kappa shape index (κ1) is 15.6. The van der Waals surface area contributed by atoms with Crippen LogP contribution in [0.15, 0.2) is 42.6 Å². The maximum atomic E-state index is 11.0. The summed E-state index contributed by atoms with van der Waals surface area (Å²) in [4.78, 5) is 15.8. The van der Waals surface area contributed by atoms with Gasteiger partial charge in [-0.05, 0) is 73.6 Å². The first-order valence-electron chi connectivity index (χ1n) is 8.64. The molecule has 25 heavy (non-hydrogen) atoms. The third-order valence-electron chi connectivity index (χ3n) is 4.82. The van der Waals surface area contributed by atoms with E-state index in [0.29, 0.717) is 0 Å². The van der Waals surface area contributed by atoms with Crippen LogP contribution in [0.2, 0.25) is 0 Å². The van der Waals surface area contributed by atoms with E-state index in [9.17, 15) is 4.79 Å². The quantitative estimate of drug-likeness (QED) is 0.728. The minimum atomic E-state index is -0.960. The van der Waals surface area contributed by atoms with Crippen molar-refractivity contribution in [3.63, 3.8) is 0 Å². The Morgan fingerprint density at radius 1 is 1.16 bits per heavy atom. The standard InChI is InChI=1S/C21H20N2O2/c1-14-10-11-23-18(8-9-20(24)25)21(22-19(23)12-14)17-7-6-15-4-2-3-5-16(15)13-17/h6-13H,2-5H2,1H3,(H,24,25)/b9-8+. The minimum Gasteiger partial charge on any atom is -0.478 e. The van der Waals surface area contributed by atoms with Crippen molar-refractivity contribution < 1.29 is 9.90 Å². The predicted octanol–water partition coefficient (Wildman–Crippen LogP) is 4.29. The average molecular weight is 332 g/mol. The van der Waals surface area contributed by atoms with Gasteiger partial charge in [-0.1, -0.05) is 12.1 Å². The van der Waals surface area contributed by atoms with Gasteiger partial charge in [0.1, 0.15) is 5.65 Å². The molecule has 0 bridgehead atoms. The second kappa shape index (κ2) is 6.20. The van der Waals surface area contributed by atoms with Crippen molar-refractivity contribution in [3.05, 3.63) is 65.0 Å². The summed E-state index contributed by atoms with van der Waals surface area (Å²) in [6, 6.07) is 10.5. The lowest BCUT2D eigenvalue weighted by molar-refractivity contribution is -0.131. The van der Waals surface area contributed by atoms with Crippen molar-refractivity contribution in [3.8, 4) is 11.3 Å². The number of pyridine rings is 1. The number of rotatable bonds is 3. The Kier molecular flexibility index (Phi) is 3.88. The van der Waals surface area contributed by atoms with E-state index < -0.39 is 5.97 Å². The Hall–Kier alpha value is -2.88. The second-order valence-corrected chi connectivity index (χ2v) is 6.64. The number of aromatic nitrogens is 2. The molecule has 4 heteroatoms. The van der Waals surface area contributed by atoms with Crippen molar-refractivity contribution in [2.24, 2.45) is 0 Å². The number of nitrogens with zero attached hydrogens (tertiary/aromatic N) is 2. The van der Waals surface area contributed by atoms with Crippen LogP contribution in [0, 0.1) is 6.92 Å². The first-order valence-corrected chi connectivity index (χ1v) is 8.64. The van der Waals surface area contributed by atoms with Crippen molar-refractivity contribution in [1.82, 2.24) is 9.38 Å². The van der Waals surface area contributed by atoms with Crippen molar-refractivity contribution >= 4 is 17.7 Å². The molecular weight excluding hydrogens is 312 g/mol. The Morgan fingerprint density at radius 3 is 2.76 bits per heavy atom. The molecule has 1 aromatic carbocycles. The molecule has 0 spiro atoms. The number of aliphatic carboxylic acids is 1. The lowest BCUT2D eigenvalue weighted by atomic mass is 9.90. The van der Waals surface area contributed by atoms with Gasteiger partial charge in [0, 0.05) is 17.8 Å². The van der Waals surface area contributed by atoms with Crippen molar-refractivity contribution in [2.75, 3.05) is 0 Å². The minimum absolute atomic E-state index is 0.799. The molecular formula is C21H20N2O2. The summed E-state index contributed by atoms with van der Waals surface area (Å²) in [5.41, 5.74) is 7.46. The Morgan fingerprint density at radius 2 is 1.96 bits per heavy atom. The van der Waals surface area contributed by atoms with Gasteiger partial charge in [-0.3, -0.25) is 4.40 Å². The number of carboxylic acids is 1. The predicted molar refractivity (Wildman–Crippen MR) is 98.7 cm³/mol. The molecule has 126 valence electrons. The smallest absolute Gasteiger partial charge is 0.328 e. The molecule has 3 aromatic rings. The fraction of sp³-hybridized carbons (Fsp3) is 0.238. The van der Waals surface area contributed by atoms with E-state index >= 15 is 0 Å². The number of fused-ring (bicyclic) bond motifs is 2. The number of carbonyl (C=O) groups is 1. The highest BCUT2D eigenvalue weighted by Crippen LogP contribution is 2.30. The molecule has 2 aromatic heterocycles. The van der Waals surface area contributed by atoms with Gasteiger partial charge in [-0.25, -0.2) is 9.78 Å². The van der Waals surface area contributed by atoms with Gasteiger partial charge in [-0.2, -0.15) is 0 Å². The summed E-state index contributed by atoms with van der Waals surface area (Å²) < 4.78 is 1.95. The van der Waals surface area contributed by atoms with E-state index in [-0.39, 0.29) is 0 Å². The van der Waals surface area contributed by atoms with Gasteiger partial charge < -0.3 is 5.11 Å². The fourth-order valence-corrected chi connectivity index (χ4v) is 3.57. The van der Waals surface area contributed by atoms with Crippen LogP contribution in [0.3, 0.4) is 0 Å². The molecule has 1 aliphatic rings. The van der Waals surface area contributed by atoms with Gasteiger partial charge in [0.15, 0.2) is 0 Å². The molecule has 2 heterocycles. The van der Waals surface area contributed by atoms with E-state index in [1.54, 1.807) is 6.08 Å². The molecule has 0 aliphatic heterocycles. The van der Waals surface area contributed by atoms with E-state index in [2.05, 4.69) is 18.2 Å². The molecule has 0 amide bonds. The lowest BCUT2D eigenvalue weighted by Crippen LogP contribution is -2.02. The molecule has 4 rings (SSSR count). The van der Waals surface area contributed by atoms with Crippen LogP contribution in [-0.4, -0.2) is 20.5 Å². The van der Waals surface area contributed by atoms with E-state index in [1.165, 1.54) is 30.0 Å². The topological polar surface area (TPSA) is 54.6 Å². The first-order chi connectivity index (χ1) is 12.1. The van der Waals surface area contributed by atoms with Crippen LogP contribution in [0.5, 0.6) is 0 Å². The second-order valence-electron chi connectivity index (χ2n) is 6.64. The average Bonchev–Trinajstić information content (AvgIpc) is 2.97. The Bertz CT molecular complexity index is 999. The highest BCUT2D eigenvalue weighted by molar-refractivity contribution is 5.87. The molecule has 1 N–H and O–H groups in total. The van der Waals surface area contributed by atoms with E-state index in [0.717, 1.165) is 41.0 Å². The van der Waals surface area contributed by atoms with Crippen LogP contribution in [0.1, 0.15) is 35.2 Å². The van der Waals surface area contributed by atoms with Crippen LogP contribution < -0.4 is 0 Å². The van der Waals surface area contributed by atoms with Crippen molar-refractivity contribution in [2.45, 2.75) is 32.6 Å². The van der Waals surface area contributed by atoms with Crippen LogP contribution in [0.4, 0.5) is 0 Å². The zero-order chi connectivity index (χ0) is 17.4. The number of hydrogen-bond donors (Lipinski definition) is 1. The number of hydrogen-bond acceptors (Lipinski definition) is 2. The SMILES string of the molecule is Cc1ccn2c(/C=C/C(=O)O)c(-c3ccc4c(c3)CCCC4)nc2c1. The molecule has 0 saturated carbocycles. The largest absolute Gasteiger partial charge is 0.478 e. The van der Waals surface area contributed by atoms with Crippen LogP contribution in [-0.2, 0) is 17.6 Å². The third-order valence-corrected chi connectivity index (χ3v) is 4.82. The summed E-state index contributed by atoms with van der Waals surface area (Å²) in [5, 5.41) is 9.03. The number of benzene rings is 1. The maximum Gasteiger partial charge on any atom is 0.328 e. The maximum absolute atomic E-state index is 11.0. The van der Waals surface area contributed by atoms with Gasteiger partial charge in [0.05, 0.1) is 11.4 Å². The summed E-state index contributed by atoms with van der Waals surface area (Å²) in [7, 11) is 0. The molecule has 1 aliphatic carbocycles. The van der Waals surface area contributed by atoms with Gasteiger partial charge in [0.25, 0.3) is 0 Å². The summed E-state index contributed by atoms with van der Waals surface area (Å²) in [5.74, 6) is -0.960. The molecule has 0 unspecified atom stereocenters. The monoisotopic (exact) mass is 332 g/mol. The van der Waals surface area contributed by atoms with Crippen molar-refractivity contribution in [1.29, 1.82) is 0 Å². The summed E-state index contributed by atoms with van der Waals surface area (Å²) in [6.07, 6.45) is 9.49. The van der Waals surface area contributed by atoms with Crippen LogP contribution in [0.25, 0.3) is 23.0 Å². The zero-order valence-corrected chi connectivity index (χ0v) is 14.2. The van der Waals surface area contributed by atoms with Gasteiger partial charge in [-0.15, -0.1) is 0 Å². The third kappa shape index (κ3) is 2.95. The molecule has 4 nitrogen and oxygen atoms in total. The van der Waals surface area contributed by atoms with Crippen LogP contribution >= 0.6 is 0 Å². The lowest BCUT2D eigenvalue weighted by Gasteiger charge is -2.16. The van der Waals surface area contributed by atoms with E-state index in [1.807, 2.05) is 29.7 Å². The van der Waals surface area contributed by atoms with Gasteiger partial charge >= 0.3 is 5.97 Å². The molecule has 0 atom stereocenters. The molecule has 0 fully saturated rings. The fourth-order valence-electron chi connectivity index (χ4n) is 3.57. The molecule has 0 saturated heterocycles. The Balaban J connectivity index is 1.91. The highest BCUT2D eigenvalue weighted by Gasteiger charge is 2.15. The number of carboxylic acid groups (broad SMARTS) is 1. The number of aryl methyl sites for hydroxylation is 3. The zero-order valence-electron chi connectivity index (χ0n) is 14.2. The van der Waals surface area contributed by atoms with E-state index in [4.69, 9.17) is 10.1 Å². The summed E-state index contributed by atoms with van der Waals surface area (Å²) in [6.45, 7) is 2.03. The molecule has 0 radical (unpaired) electrons.